The van der Waals surface area contributed by atoms with Crippen LogP contribution in [0.5, 0.6) is 5.75 Å². The van der Waals surface area contributed by atoms with E-state index in [2.05, 4.69) is 45.0 Å². The van der Waals surface area contributed by atoms with E-state index in [1.807, 2.05) is 18.2 Å². The van der Waals surface area contributed by atoms with Crippen LogP contribution >= 0.6 is 0 Å². The number of ether oxygens (including phenoxy) is 1. The van der Waals surface area contributed by atoms with Crippen molar-refractivity contribution in [1.82, 2.24) is 6.15 Å². The summed E-state index contributed by atoms with van der Waals surface area (Å²) in [5.41, 5.74) is 5.07. The summed E-state index contributed by atoms with van der Waals surface area (Å²) in [7, 11) is 0. The van der Waals surface area contributed by atoms with Gasteiger partial charge in [-0.1, -0.05) is 36.4 Å². The molecule has 2 heteroatoms. The van der Waals surface area contributed by atoms with Crippen LogP contribution in [0.15, 0.2) is 42.5 Å². The lowest BCUT2D eigenvalue weighted by Crippen LogP contribution is -1.98. The molecule has 0 heterocycles. The Kier molecular flexibility index (Phi) is 4.93. The lowest BCUT2D eigenvalue weighted by Gasteiger charge is -2.12. The van der Waals surface area contributed by atoms with Crippen molar-refractivity contribution in [2.24, 2.45) is 0 Å². The molecule has 0 aliphatic rings. The molecule has 0 spiro atoms. The van der Waals surface area contributed by atoms with Crippen LogP contribution in [0, 0.1) is 20.8 Å². The van der Waals surface area contributed by atoms with E-state index < -0.39 is 0 Å². The highest BCUT2D eigenvalue weighted by molar-refractivity contribution is 5.43. The molecule has 2 aromatic carbocycles. The fourth-order valence-corrected chi connectivity index (χ4v) is 1.82. The van der Waals surface area contributed by atoms with E-state index in [9.17, 15) is 0 Å². The topological polar surface area (TPSA) is 44.2 Å². The van der Waals surface area contributed by atoms with E-state index in [0.717, 1.165) is 5.75 Å². The average molecular weight is 243 g/mol. The number of aryl methyl sites for hydroxylation is 1. The molecule has 0 unspecified atom stereocenters. The molecular formula is C16H21NO. The third-order valence-electron chi connectivity index (χ3n) is 3.25. The zero-order chi connectivity index (χ0) is 12.3. The summed E-state index contributed by atoms with van der Waals surface area (Å²) < 4.78 is 5.86. The summed E-state index contributed by atoms with van der Waals surface area (Å²) in [6.45, 7) is 7.01. The molecule has 0 aliphatic carbocycles. The Morgan fingerprint density at radius 2 is 1.50 bits per heavy atom. The van der Waals surface area contributed by atoms with Gasteiger partial charge >= 0.3 is 0 Å². The van der Waals surface area contributed by atoms with Gasteiger partial charge in [-0.3, -0.25) is 0 Å². The standard InChI is InChI=1S/C16H18O.H3N/c1-12-9-10-16(14(3)13(12)2)17-11-15-7-5-4-6-8-15;/h4-10H,11H2,1-3H3;1H3. The minimum atomic E-state index is 0. The van der Waals surface area contributed by atoms with Crippen molar-refractivity contribution >= 4 is 0 Å². The maximum Gasteiger partial charge on any atom is 0.122 e. The van der Waals surface area contributed by atoms with Crippen LogP contribution in [0.3, 0.4) is 0 Å². The van der Waals surface area contributed by atoms with Gasteiger partial charge in [-0.25, -0.2) is 0 Å². The number of rotatable bonds is 3. The predicted molar refractivity (Wildman–Crippen MR) is 76.4 cm³/mol. The lowest BCUT2D eigenvalue weighted by molar-refractivity contribution is 0.304. The largest absolute Gasteiger partial charge is 0.489 e. The third-order valence-corrected chi connectivity index (χ3v) is 3.25. The molecule has 0 fully saturated rings. The number of benzene rings is 2. The van der Waals surface area contributed by atoms with Gasteiger partial charge in [0.2, 0.25) is 0 Å². The summed E-state index contributed by atoms with van der Waals surface area (Å²) >= 11 is 0. The van der Waals surface area contributed by atoms with Gasteiger partial charge in [-0.15, -0.1) is 0 Å². The van der Waals surface area contributed by atoms with Crippen LogP contribution in [0.1, 0.15) is 22.3 Å². The summed E-state index contributed by atoms with van der Waals surface area (Å²) in [6.07, 6.45) is 0. The second-order valence-electron chi connectivity index (χ2n) is 4.40. The zero-order valence-electron chi connectivity index (χ0n) is 11.4. The first-order chi connectivity index (χ1) is 8.18. The highest BCUT2D eigenvalue weighted by atomic mass is 16.5. The molecule has 0 atom stereocenters. The van der Waals surface area contributed by atoms with E-state index >= 15 is 0 Å². The van der Waals surface area contributed by atoms with Crippen molar-refractivity contribution in [2.75, 3.05) is 0 Å². The maximum absolute atomic E-state index is 5.86. The van der Waals surface area contributed by atoms with Crippen molar-refractivity contribution in [1.29, 1.82) is 0 Å². The van der Waals surface area contributed by atoms with Crippen LogP contribution < -0.4 is 10.9 Å². The summed E-state index contributed by atoms with van der Waals surface area (Å²) in [6, 6.07) is 14.4. The minimum Gasteiger partial charge on any atom is -0.489 e. The van der Waals surface area contributed by atoms with E-state index in [-0.39, 0.29) is 6.15 Å². The summed E-state index contributed by atoms with van der Waals surface area (Å²) in [4.78, 5) is 0. The molecule has 0 bridgehead atoms. The first kappa shape index (κ1) is 14.3. The van der Waals surface area contributed by atoms with Gasteiger partial charge in [0, 0.05) is 0 Å². The first-order valence-corrected chi connectivity index (χ1v) is 5.92. The first-order valence-electron chi connectivity index (χ1n) is 5.92. The van der Waals surface area contributed by atoms with Crippen LogP contribution in [-0.4, -0.2) is 0 Å². The quantitative estimate of drug-likeness (QED) is 0.870. The molecule has 0 radical (unpaired) electrons. The fourth-order valence-electron chi connectivity index (χ4n) is 1.82. The molecule has 96 valence electrons. The maximum atomic E-state index is 5.86. The predicted octanol–water partition coefficient (Wildman–Crippen LogP) is 4.35. The minimum absolute atomic E-state index is 0. The average Bonchev–Trinajstić information content (AvgIpc) is 2.36. The molecule has 0 saturated heterocycles. The lowest BCUT2D eigenvalue weighted by atomic mass is 10.0. The van der Waals surface area contributed by atoms with Crippen molar-refractivity contribution in [3.8, 4) is 5.75 Å². The van der Waals surface area contributed by atoms with Gasteiger partial charge < -0.3 is 10.9 Å². The normalized spacial score (nSPS) is 9.72. The van der Waals surface area contributed by atoms with Gasteiger partial charge in [-0.2, -0.15) is 0 Å². The SMILES string of the molecule is Cc1ccc(OCc2ccccc2)c(C)c1C.N. The van der Waals surface area contributed by atoms with E-state index in [1.165, 1.54) is 22.3 Å². The Morgan fingerprint density at radius 3 is 2.17 bits per heavy atom. The molecule has 2 nitrogen and oxygen atoms in total. The summed E-state index contributed by atoms with van der Waals surface area (Å²) in [5, 5.41) is 0. The van der Waals surface area contributed by atoms with E-state index in [1.54, 1.807) is 0 Å². The smallest absolute Gasteiger partial charge is 0.122 e. The highest BCUT2D eigenvalue weighted by Crippen LogP contribution is 2.24. The molecule has 0 amide bonds. The van der Waals surface area contributed by atoms with Crippen molar-refractivity contribution < 1.29 is 4.74 Å². The van der Waals surface area contributed by atoms with Gasteiger partial charge in [0.15, 0.2) is 0 Å². The van der Waals surface area contributed by atoms with Crippen LogP contribution in [-0.2, 0) is 6.61 Å². The fraction of sp³-hybridized carbons (Fsp3) is 0.250. The van der Waals surface area contributed by atoms with Crippen molar-refractivity contribution in [2.45, 2.75) is 27.4 Å². The van der Waals surface area contributed by atoms with Gasteiger partial charge in [0.1, 0.15) is 12.4 Å². The molecule has 18 heavy (non-hydrogen) atoms. The molecule has 0 aromatic heterocycles. The Bertz CT molecular complexity index is 506. The Balaban J connectivity index is 0.00000162. The Hall–Kier alpha value is -1.80. The highest BCUT2D eigenvalue weighted by Gasteiger charge is 2.04. The molecule has 0 saturated carbocycles. The second-order valence-corrected chi connectivity index (χ2v) is 4.40. The van der Waals surface area contributed by atoms with Gasteiger partial charge in [-0.05, 0) is 49.1 Å². The van der Waals surface area contributed by atoms with Crippen LogP contribution in [0.2, 0.25) is 0 Å². The Morgan fingerprint density at radius 1 is 0.833 bits per heavy atom. The molecule has 0 aliphatic heterocycles. The van der Waals surface area contributed by atoms with Crippen molar-refractivity contribution in [3.05, 3.63) is 64.7 Å². The third kappa shape index (κ3) is 3.11. The summed E-state index contributed by atoms with van der Waals surface area (Å²) in [5.74, 6) is 0.983. The molecular weight excluding hydrogens is 222 g/mol. The zero-order valence-corrected chi connectivity index (χ0v) is 11.4. The van der Waals surface area contributed by atoms with Crippen LogP contribution in [0.4, 0.5) is 0 Å². The second kappa shape index (κ2) is 6.22. The van der Waals surface area contributed by atoms with Crippen molar-refractivity contribution in [3.63, 3.8) is 0 Å². The van der Waals surface area contributed by atoms with Gasteiger partial charge in [0.25, 0.3) is 0 Å². The van der Waals surface area contributed by atoms with Gasteiger partial charge in [0.05, 0.1) is 0 Å². The van der Waals surface area contributed by atoms with E-state index in [0.29, 0.717) is 6.61 Å². The number of hydrogen-bond acceptors (Lipinski definition) is 2. The van der Waals surface area contributed by atoms with E-state index in [4.69, 9.17) is 4.74 Å². The number of hydrogen-bond donors (Lipinski definition) is 1. The molecule has 2 aromatic rings. The molecule has 3 N–H and O–H groups in total. The van der Waals surface area contributed by atoms with Crippen LogP contribution in [0.25, 0.3) is 0 Å². The molecule has 2 rings (SSSR count). The Labute approximate surface area is 109 Å². The monoisotopic (exact) mass is 243 g/mol.